The Morgan fingerprint density at radius 2 is 1.78 bits per heavy atom. The van der Waals surface area contributed by atoms with Gasteiger partial charge in [-0.2, -0.15) is 0 Å². The first kappa shape index (κ1) is 18.0. The Bertz CT molecular complexity index is 425. The number of carbonyl (C=O) groups excluding carboxylic acids is 2. The molecule has 2 heterocycles. The zero-order valence-electron chi connectivity index (χ0n) is 14.7. The van der Waals surface area contributed by atoms with Crippen molar-refractivity contribution in [1.82, 2.24) is 9.80 Å². The Morgan fingerprint density at radius 3 is 2.35 bits per heavy atom. The third-order valence-electron chi connectivity index (χ3n) is 4.68. The quantitative estimate of drug-likeness (QED) is 0.859. The Morgan fingerprint density at radius 1 is 1.13 bits per heavy atom. The molecule has 0 unspecified atom stereocenters. The van der Waals surface area contributed by atoms with E-state index in [9.17, 15) is 9.59 Å². The smallest absolute Gasteiger partial charge is 0.410 e. The minimum Gasteiger partial charge on any atom is -0.444 e. The summed E-state index contributed by atoms with van der Waals surface area (Å²) in [6.07, 6.45) is 3.70. The van der Waals surface area contributed by atoms with Crippen molar-refractivity contribution in [2.24, 2.45) is 17.6 Å². The normalized spacial score (nSPS) is 24.5. The van der Waals surface area contributed by atoms with Crippen LogP contribution in [-0.4, -0.2) is 60.1 Å². The van der Waals surface area contributed by atoms with Gasteiger partial charge in [0.2, 0.25) is 5.91 Å². The number of nitrogens with zero attached hydrogens (tertiary/aromatic N) is 2. The molecule has 0 bridgehead atoms. The number of ether oxygens (including phenoxy) is 1. The number of rotatable bonds is 3. The lowest BCUT2D eigenvalue weighted by atomic mass is 9.93. The molecule has 0 aromatic rings. The van der Waals surface area contributed by atoms with Crippen molar-refractivity contribution in [3.05, 3.63) is 0 Å². The average molecular weight is 325 g/mol. The molecule has 0 radical (unpaired) electrons. The highest BCUT2D eigenvalue weighted by Gasteiger charge is 2.30. The fourth-order valence-corrected chi connectivity index (χ4v) is 3.47. The monoisotopic (exact) mass is 325 g/mol. The summed E-state index contributed by atoms with van der Waals surface area (Å²) >= 11 is 0. The van der Waals surface area contributed by atoms with Crippen LogP contribution in [0.5, 0.6) is 0 Å². The van der Waals surface area contributed by atoms with Gasteiger partial charge in [-0.05, 0) is 65.5 Å². The maximum atomic E-state index is 12.2. The Hall–Kier alpha value is -1.30. The second-order valence-electron chi connectivity index (χ2n) is 7.91. The van der Waals surface area contributed by atoms with Gasteiger partial charge in [0.15, 0.2) is 0 Å². The van der Waals surface area contributed by atoms with Crippen LogP contribution in [0.25, 0.3) is 0 Å². The average Bonchev–Trinajstić information content (AvgIpc) is 2.46. The van der Waals surface area contributed by atoms with Gasteiger partial charge in [0.1, 0.15) is 5.60 Å². The highest BCUT2D eigenvalue weighted by atomic mass is 16.6. The van der Waals surface area contributed by atoms with Gasteiger partial charge in [0.25, 0.3) is 0 Å². The highest BCUT2D eigenvalue weighted by Crippen LogP contribution is 2.23. The number of hydrogen-bond acceptors (Lipinski definition) is 4. The molecule has 2 aliphatic rings. The van der Waals surface area contributed by atoms with Crippen LogP contribution < -0.4 is 5.73 Å². The first-order chi connectivity index (χ1) is 10.7. The van der Waals surface area contributed by atoms with E-state index in [2.05, 4.69) is 4.90 Å². The zero-order valence-corrected chi connectivity index (χ0v) is 14.7. The molecule has 2 saturated heterocycles. The van der Waals surface area contributed by atoms with Crippen LogP contribution in [0.2, 0.25) is 0 Å². The lowest BCUT2D eigenvalue weighted by Crippen LogP contribution is -2.47. The SMILES string of the molecule is CC(C)(C)OC(=O)N1CCC[C@H](CN2CCC(C(N)=O)CC2)C1. The van der Waals surface area contributed by atoms with Gasteiger partial charge in [0, 0.05) is 25.6 Å². The highest BCUT2D eigenvalue weighted by molar-refractivity contribution is 5.76. The van der Waals surface area contributed by atoms with Gasteiger partial charge >= 0.3 is 6.09 Å². The van der Waals surface area contributed by atoms with Crippen molar-refractivity contribution < 1.29 is 14.3 Å². The molecule has 0 spiro atoms. The number of likely N-dealkylation sites (tertiary alicyclic amines) is 2. The number of primary amides is 1. The molecule has 0 aromatic carbocycles. The van der Waals surface area contributed by atoms with Gasteiger partial charge in [-0.15, -0.1) is 0 Å². The van der Waals surface area contributed by atoms with Crippen LogP contribution in [0.15, 0.2) is 0 Å². The molecule has 2 N–H and O–H groups in total. The van der Waals surface area contributed by atoms with Crippen molar-refractivity contribution in [3.63, 3.8) is 0 Å². The Kier molecular flexibility index (Phi) is 5.89. The van der Waals surface area contributed by atoms with E-state index in [1.807, 2.05) is 25.7 Å². The van der Waals surface area contributed by atoms with Gasteiger partial charge in [0.05, 0.1) is 0 Å². The van der Waals surface area contributed by atoms with E-state index in [0.717, 1.165) is 58.4 Å². The summed E-state index contributed by atoms with van der Waals surface area (Å²) < 4.78 is 5.48. The van der Waals surface area contributed by atoms with Crippen molar-refractivity contribution in [1.29, 1.82) is 0 Å². The minimum absolute atomic E-state index is 0.0378. The second-order valence-corrected chi connectivity index (χ2v) is 7.91. The van der Waals surface area contributed by atoms with Crippen molar-refractivity contribution in [2.75, 3.05) is 32.7 Å². The molecular weight excluding hydrogens is 294 g/mol. The fourth-order valence-electron chi connectivity index (χ4n) is 3.47. The predicted octanol–water partition coefficient (Wildman–Crippen LogP) is 1.83. The minimum atomic E-state index is -0.444. The number of carbonyl (C=O) groups is 2. The maximum absolute atomic E-state index is 12.2. The fraction of sp³-hybridized carbons (Fsp3) is 0.882. The molecule has 6 nitrogen and oxygen atoms in total. The maximum Gasteiger partial charge on any atom is 0.410 e. The second kappa shape index (κ2) is 7.51. The number of nitrogens with two attached hydrogens (primary N) is 1. The zero-order chi connectivity index (χ0) is 17.0. The summed E-state index contributed by atoms with van der Waals surface area (Å²) in [6, 6.07) is 0. The Balaban J connectivity index is 1.78. The molecule has 0 saturated carbocycles. The van der Waals surface area contributed by atoms with Crippen molar-refractivity contribution >= 4 is 12.0 Å². The first-order valence-electron chi connectivity index (χ1n) is 8.74. The summed E-state index contributed by atoms with van der Waals surface area (Å²) in [5, 5.41) is 0. The van der Waals surface area contributed by atoms with E-state index >= 15 is 0 Å². The van der Waals surface area contributed by atoms with E-state index in [1.54, 1.807) is 0 Å². The third-order valence-corrected chi connectivity index (χ3v) is 4.68. The van der Waals surface area contributed by atoms with E-state index in [4.69, 9.17) is 10.5 Å². The van der Waals surface area contributed by atoms with Gasteiger partial charge in [-0.25, -0.2) is 4.79 Å². The molecule has 0 aromatic heterocycles. The first-order valence-corrected chi connectivity index (χ1v) is 8.74. The van der Waals surface area contributed by atoms with Crippen molar-refractivity contribution in [2.45, 2.75) is 52.1 Å². The lowest BCUT2D eigenvalue weighted by molar-refractivity contribution is -0.123. The molecule has 132 valence electrons. The summed E-state index contributed by atoms with van der Waals surface area (Å²) in [5.41, 5.74) is 4.94. The lowest BCUT2D eigenvalue weighted by Gasteiger charge is -2.38. The van der Waals surface area contributed by atoms with Gasteiger partial charge in [-0.1, -0.05) is 0 Å². The standard InChI is InChI=1S/C17H31N3O3/c1-17(2,3)23-16(22)20-8-4-5-13(12-20)11-19-9-6-14(7-10-19)15(18)21/h13-14H,4-12H2,1-3H3,(H2,18,21)/t13-/m1/s1. The molecule has 1 atom stereocenters. The van der Waals surface area contributed by atoms with Crippen LogP contribution in [0, 0.1) is 11.8 Å². The molecule has 2 amide bonds. The van der Waals surface area contributed by atoms with Crippen LogP contribution >= 0.6 is 0 Å². The molecule has 23 heavy (non-hydrogen) atoms. The molecule has 2 aliphatic heterocycles. The van der Waals surface area contributed by atoms with Gasteiger partial charge in [-0.3, -0.25) is 4.79 Å². The van der Waals surface area contributed by atoms with E-state index in [1.165, 1.54) is 0 Å². The van der Waals surface area contributed by atoms with E-state index in [-0.39, 0.29) is 17.9 Å². The topological polar surface area (TPSA) is 75.9 Å². The molecule has 2 fully saturated rings. The Labute approximate surface area is 139 Å². The summed E-state index contributed by atoms with van der Waals surface area (Å²) in [5.74, 6) is 0.357. The van der Waals surface area contributed by atoms with Crippen LogP contribution in [-0.2, 0) is 9.53 Å². The predicted molar refractivity (Wildman–Crippen MR) is 88.9 cm³/mol. The van der Waals surface area contributed by atoms with E-state index in [0.29, 0.717) is 5.92 Å². The molecule has 2 rings (SSSR count). The van der Waals surface area contributed by atoms with Gasteiger partial charge < -0.3 is 20.3 Å². The molecule has 6 heteroatoms. The van der Waals surface area contributed by atoms with Crippen molar-refractivity contribution in [3.8, 4) is 0 Å². The summed E-state index contributed by atoms with van der Waals surface area (Å²) in [7, 11) is 0. The third kappa shape index (κ3) is 5.68. The molecule has 0 aliphatic carbocycles. The van der Waals surface area contributed by atoms with Crippen LogP contribution in [0.3, 0.4) is 0 Å². The number of hydrogen-bond donors (Lipinski definition) is 1. The summed E-state index contributed by atoms with van der Waals surface area (Å²) in [4.78, 5) is 27.7. The van der Waals surface area contributed by atoms with Crippen LogP contribution in [0.1, 0.15) is 46.5 Å². The number of piperidine rings is 2. The molecular formula is C17H31N3O3. The van der Waals surface area contributed by atoms with E-state index < -0.39 is 5.60 Å². The number of amides is 2. The van der Waals surface area contributed by atoms with Crippen LogP contribution in [0.4, 0.5) is 4.79 Å². The largest absolute Gasteiger partial charge is 0.444 e. The summed E-state index contributed by atoms with van der Waals surface area (Å²) in [6.45, 7) is 10.1.